The normalized spacial score (nSPS) is 11.3. The lowest BCUT2D eigenvalue weighted by Gasteiger charge is -2.14. The Morgan fingerprint density at radius 1 is 0.692 bits per heavy atom. The molecule has 0 saturated carbocycles. The van der Waals surface area contributed by atoms with Crippen LogP contribution in [0.2, 0.25) is 0 Å². The van der Waals surface area contributed by atoms with Gasteiger partial charge in [0.1, 0.15) is 45.2 Å². The Kier molecular flexibility index (Phi) is 22.9. The van der Waals surface area contributed by atoms with Crippen molar-refractivity contribution in [2.75, 3.05) is 33.0 Å². The van der Waals surface area contributed by atoms with Crippen LogP contribution in [0.1, 0.15) is 40.5 Å². The van der Waals surface area contributed by atoms with Crippen LogP contribution in [0.5, 0.6) is 0 Å². The number of hydrogen-bond acceptors (Lipinski definition) is 12. The van der Waals surface area contributed by atoms with Crippen molar-refractivity contribution >= 4 is 24.6 Å². The van der Waals surface area contributed by atoms with Gasteiger partial charge < -0.3 is 37.9 Å². The molecule has 12 nitrogen and oxygen atoms in total. The van der Waals surface area contributed by atoms with Crippen LogP contribution in [0.25, 0.3) is 0 Å². The van der Waals surface area contributed by atoms with Crippen LogP contribution < -0.4 is 0 Å². The van der Waals surface area contributed by atoms with Gasteiger partial charge in [-0.15, -0.1) is 0 Å². The van der Waals surface area contributed by atoms with Crippen LogP contribution in [0, 0.1) is 0 Å². The summed E-state index contributed by atoms with van der Waals surface area (Å²) < 4.78 is 37.7. The maximum absolute atomic E-state index is 11.3. The van der Waals surface area contributed by atoms with Crippen LogP contribution in [-0.2, 0) is 37.9 Å². The van der Waals surface area contributed by atoms with Crippen molar-refractivity contribution in [3.05, 3.63) is 62.0 Å². The summed E-state index contributed by atoms with van der Waals surface area (Å²) in [5, 5.41) is 0. The molecule has 0 radical (unpaired) electrons. The van der Waals surface area contributed by atoms with Crippen LogP contribution in [0.4, 0.5) is 19.2 Å². The molecule has 0 aliphatic rings. The van der Waals surface area contributed by atoms with Gasteiger partial charge >= 0.3 is 24.6 Å². The molecule has 12 heteroatoms. The van der Waals surface area contributed by atoms with Crippen molar-refractivity contribution in [2.24, 2.45) is 0 Å². The van der Waals surface area contributed by atoms with Crippen molar-refractivity contribution in [1.82, 2.24) is 0 Å². The highest BCUT2D eigenvalue weighted by Gasteiger charge is 2.14. The fourth-order valence-electron chi connectivity index (χ4n) is 1.70. The van der Waals surface area contributed by atoms with E-state index in [4.69, 9.17) is 23.7 Å². The van der Waals surface area contributed by atoms with Gasteiger partial charge in [-0.3, -0.25) is 0 Å². The van der Waals surface area contributed by atoms with Crippen LogP contribution in [0.3, 0.4) is 0 Å². The zero-order valence-corrected chi connectivity index (χ0v) is 23.1. The van der Waals surface area contributed by atoms with E-state index in [0.717, 1.165) is 30.2 Å². The number of carbonyl (C=O) groups is 4. The zero-order chi connectivity index (χ0) is 30.1. The fourth-order valence-corrected chi connectivity index (χ4v) is 1.70. The van der Waals surface area contributed by atoms with E-state index in [9.17, 15) is 19.2 Å². The Morgan fingerprint density at radius 3 is 1.69 bits per heavy atom. The maximum atomic E-state index is 11.3. The molecule has 0 amide bonds. The molecule has 0 rings (SSSR count). The molecule has 0 aromatic rings. The standard InChI is InChI=1S/C15H24O6.C12H16O6/c1-6-11(3)8-18-14(16)20-10-13(5)21-15(17)19-9-12(4)7-2;1-4-7-15-11(13)17-9-6-10(3)18-12(14)16-8-5-2/h13H,3-4,6-10H2,1-2,5H3;4-6,9-10H,1-2,7-8H2,3H3. The van der Waals surface area contributed by atoms with Gasteiger partial charge in [0, 0.05) is 0 Å². The van der Waals surface area contributed by atoms with E-state index >= 15 is 0 Å². The maximum Gasteiger partial charge on any atom is 0.513 e. The average molecular weight is 557 g/mol. The molecule has 2 atom stereocenters. The minimum atomic E-state index is -0.868. The lowest BCUT2D eigenvalue weighted by Crippen LogP contribution is -2.23. The third-order valence-corrected chi connectivity index (χ3v) is 3.96. The predicted octanol–water partition coefficient (Wildman–Crippen LogP) is 6.18. The largest absolute Gasteiger partial charge is 0.513 e. The van der Waals surface area contributed by atoms with Crippen molar-refractivity contribution in [2.45, 2.75) is 52.7 Å². The van der Waals surface area contributed by atoms with Crippen molar-refractivity contribution in [1.29, 1.82) is 0 Å². The molecule has 39 heavy (non-hydrogen) atoms. The summed E-state index contributed by atoms with van der Waals surface area (Å²) >= 11 is 0. The molecular formula is C27H40O12. The first kappa shape index (κ1) is 36.9. The summed E-state index contributed by atoms with van der Waals surface area (Å²) in [6.45, 7) is 21.4. The highest BCUT2D eigenvalue weighted by molar-refractivity contribution is 5.62. The van der Waals surface area contributed by atoms with Crippen molar-refractivity contribution in [3.8, 4) is 0 Å². The second-order valence-electron chi connectivity index (χ2n) is 7.49. The van der Waals surface area contributed by atoms with Gasteiger partial charge in [-0.25, -0.2) is 19.2 Å². The minimum Gasteiger partial charge on any atom is -0.430 e. The molecular weight excluding hydrogens is 516 g/mol. The number of rotatable bonds is 16. The Bertz CT molecular complexity index is 831. The third-order valence-electron chi connectivity index (χ3n) is 3.96. The Balaban J connectivity index is 0. The van der Waals surface area contributed by atoms with Crippen LogP contribution in [0.15, 0.2) is 62.0 Å². The van der Waals surface area contributed by atoms with E-state index in [1.165, 1.54) is 18.2 Å². The van der Waals surface area contributed by atoms with Crippen molar-refractivity contribution < 1.29 is 57.1 Å². The van der Waals surface area contributed by atoms with Gasteiger partial charge in [0.15, 0.2) is 0 Å². The predicted molar refractivity (Wildman–Crippen MR) is 142 cm³/mol. The van der Waals surface area contributed by atoms with Crippen molar-refractivity contribution in [3.63, 3.8) is 0 Å². The van der Waals surface area contributed by atoms with E-state index in [0.29, 0.717) is 0 Å². The first-order valence-corrected chi connectivity index (χ1v) is 12.0. The van der Waals surface area contributed by atoms with Crippen LogP contribution in [-0.4, -0.2) is 69.9 Å². The summed E-state index contributed by atoms with van der Waals surface area (Å²) in [5.41, 5.74) is 1.58. The van der Waals surface area contributed by atoms with E-state index < -0.39 is 36.8 Å². The highest BCUT2D eigenvalue weighted by Crippen LogP contribution is 2.03. The molecule has 0 aliphatic carbocycles. The van der Waals surface area contributed by atoms with Gasteiger partial charge in [0.2, 0.25) is 0 Å². The third kappa shape index (κ3) is 25.2. The number of hydrogen-bond donors (Lipinski definition) is 0. The van der Waals surface area contributed by atoms with E-state index in [1.807, 2.05) is 13.8 Å². The molecule has 0 spiro atoms. The summed E-state index contributed by atoms with van der Waals surface area (Å²) in [5.74, 6) is 0. The topological polar surface area (TPSA) is 142 Å². The first-order valence-electron chi connectivity index (χ1n) is 12.0. The second-order valence-corrected chi connectivity index (χ2v) is 7.49. The van der Waals surface area contributed by atoms with Gasteiger partial charge in [0.25, 0.3) is 0 Å². The summed E-state index contributed by atoms with van der Waals surface area (Å²) in [6, 6.07) is 0. The van der Waals surface area contributed by atoms with Gasteiger partial charge in [0.05, 0.1) is 6.26 Å². The molecule has 0 fully saturated rings. The lowest BCUT2D eigenvalue weighted by atomic mass is 10.3. The number of carbonyl (C=O) groups excluding carboxylic acids is 4. The van der Waals surface area contributed by atoms with Gasteiger partial charge in [-0.2, -0.15) is 0 Å². The summed E-state index contributed by atoms with van der Waals surface area (Å²) in [6.07, 6.45) is 2.11. The smallest absolute Gasteiger partial charge is 0.430 e. The molecule has 0 N–H and O–H groups in total. The first-order chi connectivity index (χ1) is 18.5. The highest BCUT2D eigenvalue weighted by atomic mass is 16.8. The van der Waals surface area contributed by atoms with E-state index in [-0.39, 0.29) is 33.0 Å². The molecule has 2 unspecified atom stereocenters. The quantitative estimate of drug-likeness (QED) is 0.0926. The lowest BCUT2D eigenvalue weighted by molar-refractivity contribution is -0.00697. The van der Waals surface area contributed by atoms with Gasteiger partial charge in [-0.05, 0) is 43.9 Å². The van der Waals surface area contributed by atoms with Gasteiger partial charge in [-0.1, -0.05) is 52.3 Å². The molecule has 220 valence electrons. The van der Waals surface area contributed by atoms with Crippen LogP contribution >= 0.6 is 0 Å². The molecule has 0 heterocycles. The number of ether oxygens (including phenoxy) is 8. The molecule has 0 saturated heterocycles. The molecule has 0 bridgehead atoms. The summed E-state index contributed by atoms with van der Waals surface area (Å²) in [7, 11) is 0. The summed E-state index contributed by atoms with van der Waals surface area (Å²) in [4.78, 5) is 44.4. The molecule has 0 aromatic heterocycles. The Hall–Kier alpha value is -4.22. The minimum absolute atomic E-state index is 0.0621. The average Bonchev–Trinajstić information content (AvgIpc) is 2.91. The Labute approximate surface area is 229 Å². The monoisotopic (exact) mass is 556 g/mol. The SMILES string of the molecule is C=C(CC)COC(=O)OCC(C)OC(=O)OCC(=C)CC.C=CCOC(=O)OC=CC(C)OC(=O)OCC=C. The zero-order valence-electron chi connectivity index (χ0n) is 23.1. The van der Waals surface area contributed by atoms with E-state index in [1.54, 1.807) is 13.8 Å². The molecule has 0 aromatic carbocycles. The second kappa shape index (κ2) is 24.1. The van der Waals surface area contributed by atoms with E-state index in [2.05, 4.69) is 40.5 Å². The molecule has 0 aliphatic heterocycles. The Morgan fingerprint density at radius 2 is 1.18 bits per heavy atom. The fraction of sp³-hybridized carbons (Fsp3) is 0.481.